The summed E-state index contributed by atoms with van der Waals surface area (Å²) in [4.78, 5) is 13.0. The third-order valence-electron chi connectivity index (χ3n) is 4.61. The third kappa shape index (κ3) is 4.93. The first-order valence-electron chi connectivity index (χ1n) is 8.98. The molecule has 0 aliphatic carbocycles. The van der Waals surface area contributed by atoms with E-state index in [9.17, 15) is 27.5 Å². The molecule has 3 aromatic rings. The number of nitrogens with zero attached hydrogens (tertiary/aromatic N) is 4. The summed E-state index contributed by atoms with van der Waals surface area (Å²) in [6.07, 6.45) is -3.65. The van der Waals surface area contributed by atoms with Crippen molar-refractivity contribution in [2.45, 2.75) is 32.0 Å². The number of Topliss-reactive ketones (excluding diaryl/α,β-unsaturated/α-hetero) is 1. The van der Waals surface area contributed by atoms with Gasteiger partial charge in [-0.15, -0.1) is 0 Å². The summed E-state index contributed by atoms with van der Waals surface area (Å²) >= 11 is 7.75. The second kappa shape index (κ2) is 9.25. The van der Waals surface area contributed by atoms with Gasteiger partial charge in [-0.25, -0.2) is 9.07 Å². The minimum atomic E-state index is -4.78. The van der Waals surface area contributed by atoms with Crippen LogP contribution in [0.15, 0.2) is 30.5 Å². The van der Waals surface area contributed by atoms with Crippen molar-refractivity contribution >= 4 is 40.0 Å². The van der Waals surface area contributed by atoms with Crippen LogP contribution in [0.4, 0.5) is 17.6 Å². The summed E-state index contributed by atoms with van der Waals surface area (Å²) in [5, 5.41) is 16.5. The van der Waals surface area contributed by atoms with Crippen molar-refractivity contribution in [3.63, 3.8) is 0 Å². The fourth-order valence-corrected chi connectivity index (χ4v) is 4.07. The quantitative estimate of drug-likeness (QED) is 0.335. The van der Waals surface area contributed by atoms with Gasteiger partial charge in [-0.1, -0.05) is 17.7 Å². The number of hydrogen-bond acceptors (Lipinski definition) is 4. The molecular formula is C19H16ClF4IN4O2. The molecule has 1 unspecified atom stereocenters. The molecule has 0 bridgehead atoms. The average molecular weight is 571 g/mol. The van der Waals surface area contributed by atoms with Gasteiger partial charge in [-0.3, -0.25) is 9.48 Å². The molecule has 2 heterocycles. The Morgan fingerprint density at radius 1 is 1.35 bits per heavy atom. The molecule has 0 saturated heterocycles. The molecule has 1 atom stereocenters. The predicted octanol–water partition coefficient (Wildman–Crippen LogP) is 4.53. The lowest BCUT2D eigenvalue weighted by molar-refractivity contribution is -0.141. The lowest BCUT2D eigenvalue weighted by atomic mass is 10.0. The number of benzene rings is 1. The maximum Gasteiger partial charge on any atom is 0.436 e. The van der Waals surface area contributed by atoms with Crippen molar-refractivity contribution in [2.24, 2.45) is 0 Å². The van der Waals surface area contributed by atoms with Gasteiger partial charge >= 0.3 is 6.18 Å². The first kappa shape index (κ1) is 23.7. The van der Waals surface area contributed by atoms with E-state index in [1.165, 1.54) is 36.0 Å². The van der Waals surface area contributed by atoms with Gasteiger partial charge in [0, 0.05) is 18.6 Å². The number of alkyl halides is 3. The smallest absolute Gasteiger partial charge is 0.396 e. The molecule has 0 aliphatic rings. The first-order chi connectivity index (χ1) is 14.5. The molecule has 0 aliphatic heterocycles. The summed E-state index contributed by atoms with van der Waals surface area (Å²) in [5.41, 5.74) is -0.342. The van der Waals surface area contributed by atoms with Crippen molar-refractivity contribution in [3.8, 4) is 5.69 Å². The van der Waals surface area contributed by atoms with Gasteiger partial charge in [0.1, 0.15) is 15.6 Å². The number of aliphatic hydroxyl groups excluding tert-OH is 1. The molecule has 1 aromatic carbocycles. The molecule has 0 fully saturated rings. The second-order valence-corrected chi connectivity index (χ2v) is 8.11. The van der Waals surface area contributed by atoms with E-state index in [2.05, 4.69) is 10.2 Å². The standard InChI is InChI=1S/C19H16ClF4IN4O2/c1-10-16(20)17(19(22,23)24)27-28(10)14(5-6-30)15(31)7-11-9-26-29(18(11)25)13-4-2-3-12(21)8-13/h2-4,8-9,14,30H,5-7H2,1H3. The Morgan fingerprint density at radius 2 is 2.06 bits per heavy atom. The van der Waals surface area contributed by atoms with Crippen LogP contribution in [0, 0.1) is 16.4 Å². The van der Waals surface area contributed by atoms with Gasteiger partial charge in [-0.05, 0) is 54.1 Å². The summed E-state index contributed by atoms with van der Waals surface area (Å²) in [6, 6.07) is 4.59. The molecular weight excluding hydrogens is 555 g/mol. The highest BCUT2D eigenvalue weighted by Gasteiger charge is 2.39. The zero-order chi connectivity index (χ0) is 22.9. The van der Waals surface area contributed by atoms with Crippen LogP contribution in [0.25, 0.3) is 5.69 Å². The molecule has 0 saturated carbocycles. The van der Waals surface area contributed by atoms with E-state index >= 15 is 0 Å². The zero-order valence-electron chi connectivity index (χ0n) is 16.0. The number of ketones is 1. The highest BCUT2D eigenvalue weighted by atomic mass is 127. The highest BCUT2D eigenvalue weighted by molar-refractivity contribution is 14.1. The molecule has 1 N–H and O–H groups in total. The van der Waals surface area contributed by atoms with Gasteiger partial charge in [0.05, 0.1) is 22.6 Å². The van der Waals surface area contributed by atoms with Gasteiger partial charge in [0.2, 0.25) is 0 Å². The van der Waals surface area contributed by atoms with E-state index < -0.39 is 41.1 Å². The number of halogens is 6. The Kier molecular flexibility index (Phi) is 7.06. The molecule has 6 nitrogen and oxygen atoms in total. The van der Waals surface area contributed by atoms with E-state index in [0.717, 1.165) is 4.68 Å². The van der Waals surface area contributed by atoms with Gasteiger partial charge in [-0.2, -0.15) is 23.4 Å². The first-order valence-corrected chi connectivity index (χ1v) is 10.4. The fourth-order valence-electron chi connectivity index (χ4n) is 3.10. The molecule has 0 radical (unpaired) electrons. The molecule has 31 heavy (non-hydrogen) atoms. The molecule has 2 aromatic heterocycles. The van der Waals surface area contributed by atoms with E-state index in [-0.39, 0.29) is 18.5 Å². The summed E-state index contributed by atoms with van der Waals surface area (Å²) in [5.74, 6) is -0.919. The zero-order valence-corrected chi connectivity index (χ0v) is 18.9. The normalized spacial score (nSPS) is 12.9. The van der Waals surface area contributed by atoms with E-state index in [0.29, 0.717) is 15.0 Å². The van der Waals surface area contributed by atoms with E-state index in [1.807, 2.05) is 22.6 Å². The third-order valence-corrected chi connectivity index (χ3v) is 6.21. The number of carbonyl (C=O) groups excluding carboxylic acids is 1. The van der Waals surface area contributed by atoms with Crippen LogP contribution in [0.1, 0.15) is 29.4 Å². The molecule has 12 heteroatoms. The minimum absolute atomic E-state index is 0.0223. The van der Waals surface area contributed by atoms with Gasteiger partial charge in [0.25, 0.3) is 0 Å². The van der Waals surface area contributed by atoms with Crippen molar-refractivity contribution in [1.82, 2.24) is 19.6 Å². The van der Waals surface area contributed by atoms with Crippen LogP contribution in [0.3, 0.4) is 0 Å². The van der Waals surface area contributed by atoms with Crippen molar-refractivity contribution < 1.29 is 27.5 Å². The fraction of sp³-hybridized carbons (Fsp3) is 0.316. The Hall–Kier alpha value is -1.99. The second-order valence-electron chi connectivity index (χ2n) is 6.71. The van der Waals surface area contributed by atoms with Crippen LogP contribution < -0.4 is 0 Å². The summed E-state index contributed by atoms with van der Waals surface area (Å²) in [6.45, 7) is 0.891. The van der Waals surface area contributed by atoms with Crippen molar-refractivity contribution in [2.75, 3.05) is 6.61 Å². The van der Waals surface area contributed by atoms with Crippen LogP contribution >= 0.6 is 34.2 Å². The van der Waals surface area contributed by atoms with Crippen LogP contribution in [0.5, 0.6) is 0 Å². The predicted molar refractivity (Wildman–Crippen MR) is 113 cm³/mol. The van der Waals surface area contributed by atoms with Crippen LogP contribution in [0.2, 0.25) is 5.02 Å². The monoisotopic (exact) mass is 570 g/mol. The topological polar surface area (TPSA) is 72.9 Å². The Bertz CT molecular complexity index is 1110. The van der Waals surface area contributed by atoms with Crippen LogP contribution in [-0.4, -0.2) is 37.1 Å². The minimum Gasteiger partial charge on any atom is -0.396 e. The number of rotatable bonds is 7. The van der Waals surface area contributed by atoms with Gasteiger partial charge in [0.15, 0.2) is 11.5 Å². The van der Waals surface area contributed by atoms with E-state index in [4.69, 9.17) is 11.6 Å². The Labute approximate surface area is 192 Å². The Morgan fingerprint density at radius 3 is 2.65 bits per heavy atom. The lowest BCUT2D eigenvalue weighted by Gasteiger charge is -2.17. The maximum atomic E-state index is 13.5. The maximum absolute atomic E-state index is 13.5. The number of hydrogen-bond donors (Lipinski definition) is 1. The average Bonchev–Trinajstić information content (AvgIpc) is 3.20. The molecule has 0 amide bonds. The number of aliphatic hydroxyl groups is 1. The molecule has 0 spiro atoms. The highest BCUT2D eigenvalue weighted by Crippen LogP contribution is 2.36. The van der Waals surface area contributed by atoms with Crippen molar-refractivity contribution in [1.29, 1.82) is 0 Å². The number of carbonyl (C=O) groups is 1. The van der Waals surface area contributed by atoms with Crippen molar-refractivity contribution in [3.05, 3.63) is 62.0 Å². The SMILES string of the molecule is Cc1c(Cl)c(C(F)(F)F)nn1C(CCO)C(=O)Cc1cnn(-c2cccc(F)c2)c1I. The summed E-state index contributed by atoms with van der Waals surface area (Å²) in [7, 11) is 0. The lowest BCUT2D eigenvalue weighted by Crippen LogP contribution is -2.25. The Balaban J connectivity index is 1.91. The number of aromatic nitrogens is 4. The largest absolute Gasteiger partial charge is 0.436 e. The molecule has 3 rings (SSSR count). The van der Waals surface area contributed by atoms with Crippen LogP contribution in [-0.2, 0) is 17.4 Å². The van der Waals surface area contributed by atoms with Gasteiger partial charge < -0.3 is 5.11 Å². The van der Waals surface area contributed by atoms with E-state index in [1.54, 1.807) is 6.07 Å². The summed E-state index contributed by atoms with van der Waals surface area (Å²) < 4.78 is 55.9. The molecule has 166 valence electrons.